The monoisotopic (exact) mass is 152 g/mol. The van der Waals surface area contributed by atoms with Crippen LogP contribution >= 0.6 is 0 Å². The zero-order valence-corrected chi connectivity index (χ0v) is 5.95. The van der Waals surface area contributed by atoms with Gasteiger partial charge in [0.25, 0.3) is 0 Å². The van der Waals surface area contributed by atoms with E-state index in [0.29, 0.717) is 0 Å². The molecule has 0 rings (SSSR count). The summed E-state index contributed by atoms with van der Waals surface area (Å²) in [6.45, 7) is 0. The van der Waals surface area contributed by atoms with Crippen molar-refractivity contribution < 1.29 is 47.5 Å². The molecule has 4 heteroatoms. The van der Waals surface area contributed by atoms with Gasteiger partial charge in [0.2, 0.25) is 0 Å². The molecule has 0 aromatic heterocycles. The Morgan fingerprint density at radius 3 is 0.750 bits per heavy atom. The second kappa shape index (κ2) is 33.7. The zero-order chi connectivity index (χ0) is 0. The Bertz CT molecular complexity index is 6.00. The Morgan fingerprint density at radius 2 is 0.750 bits per heavy atom. The molecule has 0 saturated carbocycles. The quantitative estimate of drug-likeness (QED) is 0.431. The van der Waals surface area contributed by atoms with Crippen LogP contribution in [0.3, 0.4) is 0 Å². The molecule has 4 heavy (non-hydrogen) atoms. The normalized spacial score (nSPS) is 0. The van der Waals surface area contributed by atoms with Crippen molar-refractivity contribution in [1.82, 2.24) is 0 Å². The largest absolute Gasteiger partial charge is 2.00 e. The number of hydrogen-bond acceptors (Lipinski definition) is 0. The molecule has 0 bridgehead atoms. The maximum atomic E-state index is 0. The maximum absolute atomic E-state index is 0. The summed E-state index contributed by atoms with van der Waals surface area (Å²) in [7, 11) is 0. The summed E-state index contributed by atoms with van der Waals surface area (Å²) < 4.78 is 0. The van der Waals surface area contributed by atoms with Gasteiger partial charge in [-0.3, -0.25) is 0 Å². The first kappa shape index (κ1) is 74.0. The minimum Gasteiger partial charge on any atom is -2.00 e. The van der Waals surface area contributed by atoms with Crippen LogP contribution in [0.5, 0.6) is 0 Å². The van der Waals surface area contributed by atoms with Crippen LogP contribution in [-0.2, 0) is 47.5 Å². The Kier molecular flexibility index (Phi) is 624. The SMILES string of the molecule is [Fe+2].[O-2].[O-2].[Zn+2]. The van der Waals surface area contributed by atoms with Crippen LogP contribution in [0.4, 0.5) is 0 Å². The van der Waals surface area contributed by atoms with Gasteiger partial charge in [-0.2, -0.15) is 0 Å². The molecular formula is FeO2Zn. The van der Waals surface area contributed by atoms with Crippen LogP contribution in [-0.4, -0.2) is 0 Å². The average Bonchev–Trinajstić information content (AvgIpc) is 0. The second-order valence-corrected chi connectivity index (χ2v) is 0. The summed E-state index contributed by atoms with van der Waals surface area (Å²) in [4.78, 5) is 0. The zero-order valence-electron chi connectivity index (χ0n) is 1.88. The summed E-state index contributed by atoms with van der Waals surface area (Å²) in [6.07, 6.45) is 0. The maximum Gasteiger partial charge on any atom is 2.00 e. The van der Waals surface area contributed by atoms with Gasteiger partial charge in [0, 0.05) is 0 Å². The molecule has 0 aliphatic heterocycles. The molecule has 0 spiro atoms. The van der Waals surface area contributed by atoms with Crippen LogP contribution in [0, 0.1) is 0 Å². The van der Waals surface area contributed by atoms with Crippen LogP contribution < -0.4 is 0 Å². The summed E-state index contributed by atoms with van der Waals surface area (Å²) in [5, 5.41) is 0. The first-order valence-electron chi connectivity index (χ1n) is 0. The third-order valence-electron chi connectivity index (χ3n) is 0. The van der Waals surface area contributed by atoms with Crippen molar-refractivity contribution in [2.45, 2.75) is 0 Å². The van der Waals surface area contributed by atoms with Crippen LogP contribution in [0.2, 0.25) is 0 Å². The van der Waals surface area contributed by atoms with Gasteiger partial charge in [0.1, 0.15) is 0 Å². The van der Waals surface area contributed by atoms with E-state index in [4.69, 9.17) is 0 Å². The van der Waals surface area contributed by atoms with Crippen molar-refractivity contribution in [3.63, 3.8) is 0 Å². The molecule has 0 saturated heterocycles. The summed E-state index contributed by atoms with van der Waals surface area (Å²) in [5.74, 6) is 0. The van der Waals surface area contributed by atoms with Gasteiger partial charge in [-0.25, -0.2) is 0 Å². The predicted molar refractivity (Wildman–Crippen MR) is 1.37 cm³/mol. The molecule has 22 valence electrons. The van der Waals surface area contributed by atoms with Gasteiger partial charge in [0.05, 0.1) is 0 Å². The smallest absolute Gasteiger partial charge is 2.00 e. The van der Waals surface area contributed by atoms with Crippen molar-refractivity contribution in [1.29, 1.82) is 0 Å². The minimum absolute atomic E-state index is 0. The predicted octanol–water partition coefficient (Wildman–Crippen LogP) is -0.243. The van der Waals surface area contributed by atoms with Crippen molar-refractivity contribution >= 4 is 0 Å². The molecule has 0 aromatic rings. The third-order valence-corrected chi connectivity index (χ3v) is 0. The van der Waals surface area contributed by atoms with Crippen molar-refractivity contribution in [3.05, 3.63) is 0 Å². The molecule has 0 aliphatic carbocycles. The van der Waals surface area contributed by atoms with Crippen molar-refractivity contribution in [2.24, 2.45) is 0 Å². The fraction of sp³-hybridized carbons (Fsp3) is 0. The molecule has 0 heterocycles. The molecule has 0 fully saturated rings. The molecule has 2 nitrogen and oxygen atoms in total. The van der Waals surface area contributed by atoms with Gasteiger partial charge in [0.15, 0.2) is 0 Å². The first-order valence-corrected chi connectivity index (χ1v) is 0. The Hall–Kier alpha value is 1.06. The second-order valence-electron chi connectivity index (χ2n) is 0. The number of rotatable bonds is 0. The summed E-state index contributed by atoms with van der Waals surface area (Å²) in [6, 6.07) is 0. The number of hydrogen-bond donors (Lipinski definition) is 0. The molecule has 0 unspecified atom stereocenters. The van der Waals surface area contributed by atoms with Crippen LogP contribution in [0.1, 0.15) is 0 Å². The van der Waals surface area contributed by atoms with Crippen LogP contribution in [0.15, 0.2) is 0 Å². The topological polar surface area (TPSA) is 57.0 Å². The van der Waals surface area contributed by atoms with E-state index in [9.17, 15) is 0 Å². The molecule has 0 amide bonds. The minimum atomic E-state index is 0. The van der Waals surface area contributed by atoms with E-state index < -0.39 is 0 Å². The van der Waals surface area contributed by atoms with Crippen molar-refractivity contribution in [3.8, 4) is 0 Å². The fourth-order valence-corrected chi connectivity index (χ4v) is 0. The van der Waals surface area contributed by atoms with E-state index >= 15 is 0 Å². The summed E-state index contributed by atoms with van der Waals surface area (Å²) >= 11 is 0. The molecule has 0 atom stereocenters. The Labute approximate surface area is 47.8 Å². The van der Waals surface area contributed by atoms with E-state index in [0.717, 1.165) is 0 Å². The first-order chi connectivity index (χ1) is 0. The van der Waals surface area contributed by atoms with Gasteiger partial charge < -0.3 is 11.0 Å². The summed E-state index contributed by atoms with van der Waals surface area (Å²) in [5.41, 5.74) is 0. The molecular weight excluding hydrogens is 153 g/mol. The van der Waals surface area contributed by atoms with E-state index in [2.05, 4.69) is 0 Å². The van der Waals surface area contributed by atoms with Gasteiger partial charge in [-0.1, -0.05) is 0 Å². The van der Waals surface area contributed by atoms with Crippen LogP contribution in [0.25, 0.3) is 0 Å². The standard InChI is InChI=1S/Fe.2O.Zn/q+2;2*-2;+2. The van der Waals surface area contributed by atoms with E-state index in [1.54, 1.807) is 0 Å². The average molecular weight is 153 g/mol. The molecule has 0 radical (unpaired) electrons. The van der Waals surface area contributed by atoms with Gasteiger partial charge >= 0.3 is 36.5 Å². The Morgan fingerprint density at radius 1 is 0.750 bits per heavy atom. The molecule has 0 N–H and O–H groups in total. The van der Waals surface area contributed by atoms with E-state index in [1.807, 2.05) is 0 Å². The third kappa shape index (κ3) is 11.5. The van der Waals surface area contributed by atoms with Gasteiger partial charge in [-0.05, 0) is 0 Å². The van der Waals surface area contributed by atoms with E-state index in [1.165, 1.54) is 0 Å². The Balaban J connectivity index is 0. The van der Waals surface area contributed by atoms with Crippen molar-refractivity contribution in [2.75, 3.05) is 0 Å². The molecule has 0 aromatic carbocycles. The molecule has 0 aliphatic rings. The fourth-order valence-electron chi connectivity index (χ4n) is 0. The van der Waals surface area contributed by atoms with Gasteiger partial charge in [-0.15, -0.1) is 0 Å². The van der Waals surface area contributed by atoms with E-state index in [-0.39, 0.29) is 47.5 Å².